The molecular weight excluding hydrogens is 266 g/mol. The summed E-state index contributed by atoms with van der Waals surface area (Å²) in [7, 11) is -3.55. The lowest BCUT2D eigenvalue weighted by atomic mass is 10.1. The first-order valence-corrected chi connectivity index (χ1v) is 7.57. The van der Waals surface area contributed by atoms with Gasteiger partial charge < -0.3 is 5.32 Å². The highest BCUT2D eigenvalue weighted by Gasteiger charge is 2.38. The maximum atomic E-state index is 12.1. The third-order valence-corrected chi connectivity index (χ3v) is 5.07. The first kappa shape index (κ1) is 15.4. The summed E-state index contributed by atoms with van der Waals surface area (Å²) in [4.78, 5) is 23.5. The molecule has 0 bridgehead atoms. The first-order valence-electron chi connectivity index (χ1n) is 5.68. The Bertz CT molecular complexity index is 617. The molecule has 0 unspecified atom stereocenters. The van der Waals surface area contributed by atoms with Crippen LogP contribution in [0.2, 0.25) is 0 Å². The minimum absolute atomic E-state index is 0.201. The van der Waals surface area contributed by atoms with Crippen LogP contribution in [0.25, 0.3) is 0 Å². The van der Waals surface area contributed by atoms with Crippen LogP contribution in [0.3, 0.4) is 0 Å². The molecule has 0 spiro atoms. The Kier molecular flexibility index (Phi) is 4.15. The van der Waals surface area contributed by atoms with Crippen molar-refractivity contribution >= 4 is 27.2 Å². The van der Waals surface area contributed by atoms with Gasteiger partial charge in [0, 0.05) is 11.8 Å². The van der Waals surface area contributed by atoms with Crippen molar-refractivity contribution in [1.82, 2.24) is 0 Å². The van der Waals surface area contributed by atoms with E-state index >= 15 is 0 Å². The normalized spacial score (nSPS) is 12.0. The van der Waals surface area contributed by atoms with E-state index in [-0.39, 0.29) is 5.78 Å². The molecule has 6 heteroatoms. The van der Waals surface area contributed by atoms with Crippen LogP contribution in [0.4, 0.5) is 5.69 Å². The number of sulfone groups is 1. The van der Waals surface area contributed by atoms with Gasteiger partial charge in [0.1, 0.15) is 4.75 Å². The second kappa shape index (κ2) is 5.13. The van der Waals surface area contributed by atoms with Gasteiger partial charge in [0.15, 0.2) is 15.6 Å². The molecule has 0 saturated heterocycles. The number of Topliss-reactive ketones (excluding diaryl/α,β-unsaturated/α-hetero) is 1. The molecule has 1 N–H and O–H groups in total. The maximum Gasteiger partial charge on any atom is 0.245 e. The average Bonchev–Trinajstić information content (AvgIpc) is 2.27. The van der Waals surface area contributed by atoms with Gasteiger partial charge in [-0.3, -0.25) is 9.59 Å². The lowest BCUT2D eigenvalue weighted by molar-refractivity contribution is -0.117. The van der Waals surface area contributed by atoms with Gasteiger partial charge in [0.25, 0.3) is 0 Å². The zero-order valence-electron chi connectivity index (χ0n) is 11.4. The van der Waals surface area contributed by atoms with E-state index < -0.39 is 20.5 Å². The molecule has 19 heavy (non-hydrogen) atoms. The lowest BCUT2D eigenvalue weighted by Gasteiger charge is -2.22. The number of rotatable bonds is 4. The molecule has 0 saturated carbocycles. The smallest absolute Gasteiger partial charge is 0.245 e. The molecular formula is C13H17NO4S. The van der Waals surface area contributed by atoms with Gasteiger partial charge in [-0.15, -0.1) is 0 Å². The summed E-state index contributed by atoms with van der Waals surface area (Å²) in [6.45, 7) is 4.04. The van der Waals surface area contributed by atoms with Crippen LogP contribution >= 0.6 is 0 Å². The average molecular weight is 283 g/mol. The molecule has 0 aliphatic rings. The second-order valence-corrected chi connectivity index (χ2v) is 7.40. The van der Waals surface area contributed by atoms with Crippen molar-refractivity contribution in [3.8, 4) is 0 Å². The Balaban J connectivity index is 3.12. The number of amides is 1. The fourth-order valence-electron chi connectivity index (χ4n) is 1.34. The van der Waals surface area contributed by atoms with Crippen LogP contribution in [0, 0.1) is 0 Å². The molecule has 1 aromatic rings. The molecule has 0 aliphatic heterocycles. The Morgan fingerprint density at radius 3 is 2.16 bits per heavy atom. The predicted molar refractivity (Wildman–Crippen MR) is 74.0 cm³/mol. The highest BCUT2D eigenvalue weighted by Crippen LogP contribution is 2.21. The molecule has 104 valence electrons. The quantitative estimate of drug-likeness (QED) is 0.852. The summed E-state index contributed by atoms with van der Waals surface area (Å²) in [6.07, 6.45) is 1.00. The fraction of sp³-hybridized carbons (Fsp3) is 0.385. The van der Waals surface area contributed by atoms with Crippen molar-refractivity contribution in [3.63, 3.8) is 0 Å². The van der Waals surface area contributed by atoms with Crippen molar-refractivity contribution in [3.05, 3.63) is 29.8 Å². The molecule has 1 rings (SSSR count). The predicted octanol–water partition coefficient (Wildman–Crippen LogP) is 1.65. The highest BCUT2D eigenvalue weighted by atomic mass is 32.2. The summed E-state index contributed by atoms with van der Waals surface area (Å²) in [5.41, 5.74) is 0.664. The molecule has 0 aromatic heterocycles. The molecule has 1 amide bonds. The number of nitrogens with one attached hydrogen (secondary N) is 1. The Morgan fingerprint density at radius 2 is 1.68 bits per heavy atom. The summed E-state index contributed by atoms with van der Waals surface area (Å²) in [5, 5.41) is 2.50. The van der Waals surface area contributed by atoms with E-state index in [1.807, 2.05) is 0 Å². The van der Waals surface area contributed by atoms with Gasteiger partial charge >= 0.3 is 0 Å². The minimum atomic E-state index is -3.55. The van der Waals surface area contributed by atoms with Crippen LogP contribution in [-0.4, -0.2) is 31.1 Å². The first-order chi connectivity index (χ1) is 8.57. The van der Waals surface area contributed by atoms with Gasteiger partial charge in [-0.2, -0.15) is 0 Å². The number of para-hydroxylation sites is 1. The Hall–Kier alpha value is -1.69. The van der Waals surface area contributed by atoms with Crippen molar-refractivity contribution < 1.29 is 18.0 Å². The van der Waals surface area contributed by atoms with Crippen molar-refractivity contribution in [2.75, 3.05) is 11.6 Å². The van der Waals surface area contributed by atoms with E-state index in [2.05, 4.69) is 5.32 Å². The number of hydrogen-bond donors (Lipinski definition) is 1. The second-order valence-electron chi connectivity index (χ2n) is 4.84. The van der Waals surface area contributed by atoms with Gasteiger partial charge in [-0.1, -0.05) is 12.1 Å². The summed E-state index contributed by atoms with van der Waals surface area (Å²) in [6, 6.07) is 6.47. The van der Waals surface area contributed by atoms with Crippen molar-refractivity contribution in [1.29, 1.82) is 0 Å². The SMILES string of the molecule is CC(=O)c1ccccc1NC(=O)C(C)(C)S(C)(=O)=O. The van der Waals surface area contributed by atoms with E-state index in [1.165, 1.54) is 20.8 Å². The largest absolute Gasteiger partial charge is 0.324 e. The summed E-state index contributed by atoms with van der Waals surface area (Å²) < 4.78 is 21.6. The summed E-state index contributed by atoms with van der Waals surface area (Å²) in [5.74, 6) is -0.864. The number of hydrogen-bond acceptors (Lipinski definition) is 4. The van der Waals surface area contributed by atoms with Gasteiger partial charge in [0.2, 0.25) is 5.91 Å². The Labute approximate surface area is 112 Å². The third kappa shape index (κ3) is 3.20. The van der Waals surface area contributed by atoms with E-state index in [0.29, 0.717) is 11.3 Å². The van der Waals surface area contributed by atoms with Crippen LogP contribution in [-0.2, 0) is 14.6 Å². The molecule has 0 aliphatic carbocycles. The molecule has 1 aromatic carbocycles. The van der Waals surface area contributed by atoms with E-state index in [1.54, 1.807) is 24.3 Å². The number of carbonyl (C=O) groups is 2. The van der Waals surface area contributed by atoms with Crippen LogP contribution in [0.5, 0.6) is 0 Å². The zero-order chi connectivity index (χ0) is 14.8. The Morgan fingerprint density at radius 1 is 1.16 bits per heavy atom. The molecule has 0 radical (unpaired) electrons. The molecule has 0 heterocycles. The van der Waals surface area contributed by atoms with Crippen molar-refractivity contribution in [2.45, 2.75) is 25.5 Å². The van der Waals surface area contributed by atoms with Crippen LogP contribution < -0.4 is 5.32 Å². The molecule has 0 atom stereocenters. The standard InChI is InChI=1S/C13H17NO4S/c1-9(15)10-7-5-6-8-11(10)14-12(16)13(2,3)19(4,17)18/h5-8H,1-4H3,(H,14,16). The fourth-order valence-corrected chi connectivity index (χ4v) is 1.73. The lowest BCUT2D eigenvalue weighted by Crippen LogP contribution is -2.44. The number of ketones is 1. The van der Waals surface area contributed by atoms with Crippen LogP contribution in [0.1, 0.15) is 31.1 Å². The monoisotopic (exact) mass is 283 g/mol. The minimum Gasteiger partial charge on any atom is -0.324 e. The third-order valence-electron chi connectivity index (χ3n) is 3.03. The van der Waals surface area contributed by atoms with Gasteiger partial charge in [-0.25, -0.2) is 8.42 Å². The molecule has 0 fully saturated rings. The zero-order valence-corrected chi connectivity index (χ0v) is 12.2. The summed E-state index contributed by atoms with van der Waals surface area (Å²) >= 11 is 0. The highest BCUT2D eigenvalue weighted by molar-refractivity contribution is 7.92. The van der Waals surface area contributed by atoms with E-state index in [0.717, 1.165) is 6.26 Å². The van der Waals surface area contributed by atoms with Crippen LogP contribution in [0.15, 0.2) is 24.3 Å². The van der Waals surface area contributed by atoms with Gasteiger partial charge in [-0.05, 0) is 32.9 Å². The van der Waals surface area contributed by atoms with Crippen molar-refractivity contribution in [2.24, 2.45) is 0 Å². The number of carbonyl (C=O) groups excluding carboxylic acids is 2. The van der Waals surface area contributed by atoms with E-state index in [9.17, 15) is 18.0 Å². The van der Waals surface area contributed by atoms with E-state index in [4.69, 9.17) is 0 Å². The molecule has 5 nitrogen and oxygen atoms in total. The van der Waals surface area contributed by atoms with Gasteiger partial charge in [0.05, 0.1) is 5.69 Å². The number of benzene rings is 1. The maximum absolute atomic E-state index is 12.1. The topological polar surface area (TPSA) is 80.3 Å². The number of anilines is 1.